The average molecular weight is 280 g/mol. The SMILES string of the molecule is CC1CC(C)CN(C(=O)N2C3CCC2C(C(=O)O)C3)C1. The van der Waals surface area contributed by atoms with Gasteiger partial charge in [-0.3, -0.25) is 4.79 Å². The van der Waals surface area contributed by atoms with E-state index in [9.17, 15) is 14.7 Å². The zero-order chi connectivity index (χ0) is 14.4. The number of fused-ring (bicyclic) bond motifs is 2. The van der Waals surface area contributed by atoms with Crippen LogP contribution in [-0.4, -0.2) is 52.1 Å². The topological polar surface area (TPSA) is 60.9 Å². The van der Waals surface area contributed by atoms with Crippen molar-refractivity contribution in [3.05, 3.63) is 0 Å². The molecule has 3 rings (SSSR count). The molecule has 0 aromatic rings. The zero-order valence-electron chi connectivity index (χ0n) is 12.3. The Labute approximate surface area is 119 Å². The standard InChI is InChI=1S/C15H24N2O3/c1-9-5-10(2)8-16(7-9)15(20)17-11-3-4-13(17)12(6-11)14(18)19/h9-13H,3-8H2,1-2H3,(H,18,19). The molecule has 0 aliphatic carbocycles. The van der Waals surface area contributed by atoms with Gasteiger partial charge in [-0.25, -0.2) is 4.79 Å². The quantitative estimate of drug-likeness (QED) is 0.799. The number of hydrogen-bond acceptors (Lipinski definition) is 2. The van der Waals surface area contributed by atoms with Gasteiger partial charge in [0.25, 0.3) is 0 Å². The summed E-state index contributed by atoms with van der Waals surface area (Å²) in [4.78, 5) is 27.9. The molecule has 3 aliphatic rings. The number of hydrogen-bond donors (Lipinski definition) is 1. The van der Waals surface area contributed by atoms with E-state index in [1.807, 2.05) is 9.80 Å². The Morgan fingerprint density at radius 3 is 2.25 bits per heavy atom. The molecule has 5 unspecified atom stereocenters. The lowest BCUT2D eigenvalue weighted by Crippen LogP contribution is -2.51. The summed E-state index contributed by atoms with van der Waals surface area (Å²) in [7, 11) is 0. The fourth-order valence-electron chi connectivity index (χ4n) is 4.53. The highest BCUT2D eigenvalue weighted by molar-refractivity contribution is 5.79. The fourth-order valence-corrected chi connectivity index (χ4v) is 4.53. The van der Waals surface area contributed by atoms with Crippen molar-refractivity contribution in [3.8, 4) is 0 Å². The van der Waals surface area contributed by atoms with Gasteiger partial charge in [0.05, 0.1) is 5.92 Å². The molecule has 0 aromatic heterocycles. The van der Waals surface area contributed by atoms with Crippen LogP contribution in [0, 0.1) is 17.8 Å². The maximum absolute atomic E-state index is 12.8. The third-order valence-corrected chi connectivity index (χ3v) is 5.21. The van der Waals surface area contributed by atoms with E-state index < -0.39 is 5.97 Å². The summed E-state index contributed by atoms with van der Waals surface area (Å²) in [6, 6.07) is 0.165. The second kappa shape index (κ2) is 4.93. The van der Waals surface area contributed by atoms with E-state index in [0.29, 0.717) is 18.3 Å². The molecule has 5 nitrogen and oxygen atoms in total. The largest absolute Gasteiger partial charge is 0.481 e. The van der Waals surface area contributed by atoms with Crippen LogP contribution in [0.5, 0.6) is 0 Å². The predicted octanol–water partition coefficient (Wildman–Crippen LogP) is 2.02. The van der Waals surface area contributed by atoms with E-state index >= 15 is 0 Å². The number of carbonyl (C=O) groups excluding carboxylic acids is 1. The molecule has 1 N–H and O–H groups in total. The molecule has 3 saturated heterocycles. The number of carboxylic acids is 1. The van der Waals surface area contributed by atoms with Crippen LogP contribution < -0.4 is 0 Å². The molecule has 3 heterocycles. The number of carbonyl (C=O) groups is 2. The van der Waals surface area contributed by atoms with Crippen molar-refractivity contribution in [1.29, 1.82) is 0 Å². The number of rotatable bonds is 1. The second-order valence-corrected chi connectivity index (χ2v) is 7.02. The van der Waals surface area contributed by atoms with E-state index in [-0.39, 0.29) is 24.0 Å². The number of aliphatic carboxylic acids is 1. The van der Waals surface area contributed by atoms with E-state index in [1.165, 1.54) is 6.42 Å². The van der Waals surface area contributed by atoms with Gasteiger partial charge in [-0.1, -0.05) is 13.8 Å². The number of urea groups is 1. The van der Waals surface area contributed by atoms with Crippen LogP contribution >= 0.6 is 0 Å². The van der Waals surface area contributed by atoms with E-state index in [2.05, 4.69) is 13.8 Å². The maximum Gasteiger partial charge on any atom is 0.320 e. The third-order valence-electron chi connectivity index (χ3n) is 5.21. The van der Waals surface area contributed by atoms with Crippen molar-refractivity contribution < 1.29 is 14.7 Å². The van der Waals surface area contributed by atoms with Crippen LogP contribution in [0.3, 0.4) is 0 Å². The molecule has 112 valence electrons. The molecule has 2 amide bonds. The lowest BCUT2D eigenvalue weighted by atomic mass is 9.89. The molecule has 3 aliphatic heterocycles. The van der Waals surface area contributed by atoms with Gasteiger partial charge in [0.15, 0.2) is 0 Å². The minimum absolute atomic E-state index is 0.0717. The Balaban J connectivity index is 1.73. The molecule has 0 aromatic carbocycles. The van der Waals surface area contributed by atoms with Crippen molar-refractivity contribution in [2.24, 2.45) is 17.8 Å². The van der Waals surface area contributed by atoms with E-state index in [1.54, 1.807) is 0 Å². The van der Waals surface area contributed by atoms with Crippen LogP contribution in [0.2, 0.25) is 0 Å². The number of carboxylic acid groups (broad SMARTS) is 1. The lowest BCUT2D eigenvalue weighted by molar-refractivity contribution is -0.142. The molecule has 2 bridgehead atoms. The molecule has 0 saturated carbocycles. The van der Waals surface area contributed by atoms with E-state index in [0.717, 1.165) is 25.9 Å². The van der Waals surface area contributed by atoms with Gasteiger partial charge in [0, 0.05) is 25.2 Å². The monoisotopic (exact) mass is 280 g/mol. The summed E-state index contributed by atoms with van der Waals surface area (Å²) in [5.74, 6) is -0.0100. The summed E-state index contributed by atoms with van der Waals surface area (Å²) in [5, 5.41) is 9.28. The first-order valence-electron chi connectivity index (χ1n) is 7.77. The van der Waals surface area contributed by atoms with Crippen LogP contribution in [0.15, 0.2) is 0 Å². The molecule has 5 atom stereocenters. The minimum Gasteiger partial charge on any atom is -0.481 e. The molecule has 3 fully saturated rings. The maximum atomic E-state index is 12.8. The number of likely N-dealkylation sites (tertiary alicyclic amines) is 1. The first-order chi connectivity index (χ1) is 9.47. The van der Waals surface area contributed by atoms with Crippen molar-refractivity contribution in [2.45, 2.75) is 51.6 Å². The van der Waals surface area contributed by atoms with Gasteiger partial charge < -0.3 is 14.9 Å². The van der Waals surface area contributed by atoms with Crippen LogP contribution in [0.1, 0.15) is 39.5 Å². The van der Waals surface area contributed by atoms with Gasteiger partial charge in [-0.2, -0.15) is 0 Å². The minimum atomic E-state index is -0.740. The van der Waals surface area contributed by atoms with Crippen LogP contribution in [0.4, 0.5) is 4.79 Å². The Morgan fingerprint density at radius 2 is 1.70 bits per heavy atom. The molecule has 0 radical (unpaired) electrons. The van der Waals surface area contributed by atoms with Crippen LogP contribution in [0.25, 0.3) is 0 Å². The van der Waals surface area contributed by atoms with Crippen molar-refractivity contribution in [3.63, 3.8) is 0 Å². The van der Waals surface area contributed by atoms with Crippen molar-refractivity contribution >= 4 is 12.0 Å². The fraction of sp³-hybridized carbons (Fsp3) is 0.867. The Morgan fingerprint density at radius 1 is 1.05 bits per heavy atom. The smallest absolute Gasteiger partial charge is 0.320 e. The van der Waals surface area contributed by atoms with Gasteiger partial charge in [-0.15, -0.1) is 0 Å². The summed E-state index contributed by atoms with van der Waals surface area (Å²) in [5.41, 5.74) is 0. The molecule has 0 spiro atoms. The average Bonchev–Trinajstić information content (AvgIpc) is 2.94. The van der Waals surface area contributed by atoms with Crippen molar-refractivity contribution in [2.75, 3.05) is 13.1 Å². The van der Waals surface area contributed by atoms with Gasteiger partial charge in [0.2, 0.25) is 0 Å². The third kappa shape index (κ3) is 2.17. The normalized spacial score (nSPS) is 40.2. The Bertz CT molecular complexity index is 415. The summed E-state index contributed by atoms with van der Waals surface area (Å²) < 4.78 is 0. The molecular formula is C15H24N2O3. The van der Waals surface area contributed by atoms with E-state index in [4.69, 9.17) is 0 Å². The van der Waals surface area contributed by atoms with Crippen molar-refractivity contribution in [1.82, 2.24) is 9.80 Å². The van der Waals surface area contributed by atoms with Gasteiger partial charge >= 0.3 is 12.0 Å². The highest BCUT2D eigenvalue weighted by Crippen LogP contribution is 2.42. The highest BCUT2D eigenvalue weighted by Gasteiger charge is 2.52. The highest BCUT2D eigenvalue weighted by atomic mass is 16.4. The molecule has 20 heavy (non-hydrogen) atoms. The number of amides is 2. The lowest BCUT2D eigenvalue weighted by Gasteiger charge is -2.38. The molecular weight excluding hydrogens is 256 g/mol. The summed E-state index contributed by atoms with van der Waals surface area (Å²) >= 11 is 0. The van der Waals surface area contributed by atoms with Gasteiger partial charge in [0.1, 0.15) is 0 Å². The van der Waals surface area contributed by atoms with Crippen LogP contribution in [-0.2, 0) is 4.79 Å². The first kappa shape index (κ1) is 13.7. The number of piperidine rings is 1. The summed E-state index contributed by atoms with van der Waals surface area (Å²) in [6.07, 6.45) is 3.64. The predicted molar refractivity (Wildman–Crippen MR) is 74.3 cm³/mol. The number of nitrogens with zero attached hydrogens (tertiary/aromatic N) is 2. The molecule has 5 heteroatoms. The Kier molecular flexibility index (Phi) is 3.38. The van der Waals surface area contributed by atoms with Gasteiger partial charge in [-0.05, 0) is 37.5 Å². The first-order valence-corrected chi connectivity index (χ1v) is 7.77. The Hall–Kier alpha value is -1.26. The summed E-state index contributed by atoms with van der Waals surface area (Å²) in [6.45, 7) is 6.01. The zero-order valence-corrected chi connectivity index (χ0v) is 12.3. The second-order valence-electron chi connectivity index (χ2n) is 7.02.